The van der Waals surface area contributed by atoms with E-state index in [-0.39, 0.29) is 17.1 Å². The summed E-state index contributed by atoms with van der Waals surface area (Å²) in [6, 6.07) is 3.74. The van der Waals surface area contributed by atoms with E-state index in [4.69, 9.17) is 4.74 Å². The van der Waals surface area contributed by atoms with Crippen LogP contribution >= 0.6 is 0 Å². The van der Waals surface area contributed by atoms with Gasteiger partial charge in [-0.1, -0.05) is 13.3 Å². The summed E-state index contributed by atoms with van der Waals surface area (Å²) in [6.07, 6.45) is 3.15. The van der Waals surface area contributed by atoms with Crippen LogP contribution in [-0.4, -0.2) is 36.2 Å². The molecule has 0 saturated heterocycles. The number of hydrogen-bond acceptors (Lipinski definition) is 4. The van der Waals surface area contributed by atoms with Crippen LogP contribution < -0.4 is 14.8 Å². The molecule has 2 N–H and O–H groups in total. The van der Waals surface area contributed by atoms with Gasteiger partial charge >= 0.3 is 12.6 Å². The lowest BCUT2D eigenvalue weighted by Gasteiger charge is -2.37. The Kier molecular flexibility index (Phi) is 6.39. The van der Waals surface area contributed by atoms with E-state index < -0.39 is 24.0 Å². The second-order valence-electron chi connectivity index (χ2n) is 6.44. The molecule has 0 aliphatic heterocycles. The molecule has 26 heavy (non-hydrogen) atoms. The number of carboxylic acids is 1. The zero-order chi connectivity index (χ0) is 19.3. The first-order chi connectivity index (χ1) is 12.3. The topological polar surface area (TPSA) is 84.9 Å². The number of nitrogens with one attached hydrogen (secondary N) is 1. The predicted molar refractivity (Wildman–Crippen MR) is 89.7 cm³/mol. The van der Waals surface area contributed by atoms with Gasteiger partial charge in [0, 0.05) is 5.56 Å². The Hall–Kier alpha value is -2.38. The van der Waals surface area contributed by atoms with Gasteiger partial charge in [-0.2, -0.15) is 8.78 Å². The second kappa shape index (κ2) is 8.33. The lowest BCUT2D eigenvalue weighted by molar-refractivity contribution is -0.146. The number of rotatable bonds is 7. The van der Waals surface area contributed by atoms with E-state index in [0.29, 0.717) is 18.8 Å². The first kappa shape index (κ1) is 19.9. The standard InChI is InChI=1S/C18H23F2NO5/c1-3-11-6-8-18(9-7-11,16(23)24)21-15(22)12-4-5-13(26-17(19)20)14(10-12)25-2/h4-5,10-11,17H,3,6-9H2,1-2H3,(H,21,22)(H,23,24). The number of carbonyl (C=O) groups excluding carboxylic acids is 1. The summed E-state index contributed by atoms with van der Waals surface area (Å²) >= 11 is 0. The normalized spacial score (nSPS) is 22.7. The molecule has 1 aromatic rings. The fraction of sp³-hybridized carbons (Fsp3) is 0.556. The van der Waals surface area contributed by atoms with Crippen molar-refractivity contribution in [3.63, 3.8) is 0 Å². The molecule has 0 bridgehead atoms. The lowest BCUT2D eigenvalue weighted by atomic mass is 9.75. The molecule has 8 heteroatoms. The Labute approximate surface area is 150 Å². The maximum absolute atomic E-state index is 12.6. The molecule has 1 amide bonds. The highest BCUT2D eigenvalue weighted by molar-refractivity contribution is 5.98. The zero-order valence-electron chi connectivity index (χ0n) is 14.8. The molecule has 6 nitrogen and oxygen atoms in total. The quantitative estimate of drug-likeness (QED) is 0.767. The van der Waals surface area contributed by atoms with Gasteiger partial charge in [-0.05, 0) is 49.8 Å². The van der Waals surface area contributed by atoms with Crippen molar-refractivity contribution in [1.82, 2.24) is 5.32 Å². The number of benzene rings is 1. The molecule has 0 atom stereocenters. The predicted octanol–water partition coefficient (Wildman–Crippen LogP) is 3.45. The van der Waals surface area contributed by atoms with E-state index in [2.05, 4.69) is 17.0 Å². The smallest absolute Gasteiger partial charge is 0.387 e. The minimum absolute atomic E-state index is 0.0305. The van der Waals surface area contributed by atoms with E-state index in [9.17, 15) is 23.5 Å². The van der Waals surface area contributed by atoms with Crippen LogP contribution in [0.15, 0.2) is 18.2 Å². The molecule has 144 valence electrons. The van der Waals surface area contributed by atoms with Crippen molar-refractivity contribution >= 4 is 11.9 Å². The largest absolute Gasteiger partial charge is 0.493 e. The average molecular weight is 371 g/mol. The van der Waals surface area contributed by atoms with Gasteiger partial charge in [-0.25, -0.2) is 4.79 Å². The van der Waals surface area contributed by atoms with Gasteiger partial charge in [0.05, 0.1) is 7.11 Å². The van der Waals surface area contributed by atoms with Crippen molar-refractivity contribution < 1.29 is 33.0 Å². The van der Waals surface area contributed by atoms with Crippen LogP contribution in [0.25, 0.3) is 0 Å². The molecule has 0 aromatic heterocycles. The number of amides is 1. The van der Waals surface area contributed by atoms with E-state index in [1.807, 2.05) is 0 Å². The summed E-state index contributed by atoms with van der Waals surface area (Å²) in [5.41, 5.74) is -1.20. The Morgan fingerprint density at radius 1 is 1.31 bits per heavy atom. The molecule has 1 aromatic carbocycles. The van der Waals surface area contributed by atoms with E-state index in [1.165, 1.54) is 25.3 Å². The fourth-order valence-electron chi connectivity index (χ4n) is 3.26. The molecule has 1 fully saturated rings. The van der Waals surface area contributed by atoms with Gasteiger partial charge in [-0.3, -0.25) is 4.79 Å². The first-order valence-corrected chi connectivity index (χ1v) is 8.50. The number of hydrogen-bond donors (Lipinski definition) is 2. The monoisotopic (exact) mass is 371 g/mol. The summed E-state index contributed by atoms with van der Waals surface area (Å²) in [5.74, 6) is -1.42. The van der Waals surface area contributed by atoms with Crippen LogP contribution in [-0.2, 0) is 4.79 Å². The number of carboxylic acid groups (broad SMARTS) is 1. The Balaban J connectivity index is 2.18. The summed E-state index contributed by atoms with van der Waals surface area (Å²) in [7, 11) is 1.26. The molecule has 0 heterocycles. The van der Waals surface area contributed by atoms with Crippen LogP contribution in [0.4, 0.5) is 8.78 Å². The lowest BCUT2D eigenvalue weighted by Crippen LogP contribution is -2.56. The maximum atomic E-state index is 12.6. The number of ether oxygens (including phenoxy) is 2. The fourth-order valence-corrected chi connectivity index (χ4v) is 3.26. The van der Waals surface area contributed by atoms with Gasteiger partial charge < -0.3 is 19.9 Å². The molecule has 0 spiro atoms. The molecule has 0 radical (unpaired) electrons. The summed E-state index contributed by atoms with van der Waals surface area (Å²) in [4.78, 5) is 24.4. The highest BCUT2D eigenvalue weighted by Crippen LogP contribution is 2.35. The van der Waals surface area contributed by atoms with Crippen LogP contribution in [0, 0.1) is 5.92 Å². The van der Waals surface area contributed by atoms with Crippen LogP contribution in [0.1, 0.15) is 49.4 Å². The number of aliphatic carboxylic acids is 1. The van der Waals surface area contributed by atoms with Crippen molar-refractivity contribution in [2.24, 2.45) is 5.92 Å². The molecule has 1 aliphatic carbocycles. The van der Waals surface area contributed by atoms with Crippen molar-refractivity contribution in [2.45, 2.75) is 51.2 Å². The van der Waals surface area contributed by atoms with Crippen molar-refractivity contribution in [1.29, 1.82) is 0 Å². The first-order valence-electron chi connectivity index (χ1n) is 8.50. The van der Waals surface area contributed by atoms with Gasteiger partial charge in [0.25, 0.3) is 5.91 Å². The number of methoxy groups -OCH3 is 1. The molecular weight excluding hydrogens is 348 g/mol. The van der Waals surface area contributed by atoms with Crippen LogP contribution in [0.2, 0.25) is 0 Å². The maximum Gasteiger partial charge on any atom is 0.387 e. The van der Waals surface area contributed by atoms with Gasteiger partial charge in [0.2, 0.25) is 0 Å². The summed E-state index contributed by atoms with van der Waals surface area (Å²) < 4.78 is 34.1. The third-order valence-corrected chi connectivity index (χ3v) is 4.94. The van der Waals surface area contributed by atoms with E-state index >= 15 is 0 Å². The minimum Gasteiger partial charge on any atom is -0.493 e. The van der Waals surface area contributed by atoms with Crippen LogP contribution in [0.3, 0.4) is 0 Å². The number of carbonyl (C=O) groups is 2. The highest BCUT2D eigenvalue weighted by Gasteiger charge is 2.43. The third kappa shape index (κ3) is 4.42. The number of alkyl halides is 2. The molecule has 2 rings (SSSR count). The Morgan fingerprint density at radius 3 is 2.46 bits per heavy atom. The van der Waals surface area contributed by atoms with Crippen molar-refractivity contribution in [3.8, 4) is 11.5 Å². The highest BCUT2D eigenvalue weighted by atomic mass is 19.3. The van der Waals surface area contributed by atoms with Gasteiger partial charge in [0.15, 0.2) is 11.5 Å². The van der Waals surface area contributed by atoms with Gasteiger partial charge in [-0.15, -0.1) is 0 Å². The van der Waals surface area contributed by atoms with Crippen molar-refractivity contribution in [3.05, 3.63) is 23.8 Å². The molecule has 1 saturated carbocycles. The third-order valence-electron chi connectivity index (χ3n) is 4.94. The van der Waals surface area contributed by atoms with E-state index in [0.717, 1.165) is 19.3 Å². The average Bonchev–Trinajstić information content (AvgIpc) is 2.61. The molecular formula is C18H23F2NO5. The molecule has 0 unspecified atom stereocenters. The number of halogens is 2. The van der Waals surface area contributed by atoms with E-state index in [1.54, 1.807) is 0 Å². The van der Waals surface area contributed by atoms with Crippen LogP contribution in [0.5, 0.6) is 11.5 Å². The molecule has 1 aliphatic rings. The summed E-state index contributed by atoms with van der Waals surface area (Å²) in [5, 5.41) is 12.3. The SMILES string of the molecule is CCC1CCC(NC(=O)c2ccc(OC(F)F)c(OC)c2)(C(=O)O)CC1. The van der Waals surface area contributed by atoms with Gasteiger partial charge in [0.1, 0.15) is 5.54 Å². The Bertz CT molecular complexity index is 657. The summed E-state index contributed by atoms with van der Waals surface area (Å²) in [6.45, 7) is -0.959. The Morgan fingerprint density at radius 2 is 1.96 bits per heavy atom. The van der Waals surface area contributed by atoms with Crippen molar-refractivity contribution in [2.75, 3.05) is 7.11 Å². The zero-order valence-corrected chi connectivity index (χ0v) is 14.8. The minimum atomic E-state index is -3.02. The second-order valence-corrected chi connectivity index (χ2v) is 6.44.